The van der Waals surface area contributed by atoms with Crippen LogP contribution >= 0.6 is 0 Å². The Morgan fingerprint density at radius 3 is 2.67 bits per heavy atom. The van der Waals surface area contributed by atoms with Crippen LogP contribution in [0.4, 0.5) is 5.69 Å². The molecule has 0 spiro atoms. The molecule has 0 radical (unpaired) electrons. The summed E-state index contributed by atoms with van der Waals surface area (Å²) in [6, 6.07) is 7.66. The second kappa shape index (κ2) is 3.35. The van der Waals surface area contributed by atoms with Crippen LogP contribution < -0.4 is 4.90 Å². The normalized spacial score (nSPS) is 24.5. The molecule has 80 valence electrons. The van der Waals surface area contributed by atoms with Gasteiger partial charge >= 0.3 is 0 Å². The van der Waals surface area contributed by atoms with E-state index in [2.05, 4.69) is 0 Å². The average Bonchev–Trinajstić information content (AvgIpc) is 2.51. The topological polar surface area (TPSA) is 40.5 Å². The fraction of sp³-hybridized carbons (Fsp3) is 0.417. The molecule has 2 rings (SSSR count). The summed E-state index contributed by atoms with van der Waals surface area (Å²) in [6.07, 6.45) is 0.629. The van der Waals surface area contributed by atoms with E-state index in [0.717, 1.165) is 11.3 Å². The number of carbonyl (C=O) groups is 1. The molecule has 3 heteroatoms. The second-order valence-corrected chi connectivity index (χ2v) is 3.98. The summed E-state index contributed by atoms with van der Waals surface area (Å²) in [6.45, 7) is 1.81. The summed E-state index contributed by atoms with van der Waals surface area (Å²) < 4.78 is 0. The van der Waals surface area contributed by atoms with Crippen molar-refractivity contribution in [3.8, 4) is 0 Å². The first-order valence-electron chi connectivity index (χ1n) is 5.16. The van der Waals surface area contributed by atoms with Crippen molar-refractivity contribution < 1.29 is 9.90 Å². The zero-order valence-electron chi connectivity index (χ0n) is 9.03. The number of fused-ring (bicyclic) bond motifs is 1. The van der Waals surface area contributed by atoms with Crippen molar-refractivity contribution in [3.63, 3.8) is 0 Å². The molecule has 0 fully saturated rings. The number of para-hydroxylation sites is 1. The number of amides is 1. The fourth-order valence-corrected chi connectivity index (χ4v) is 2.32. The third-order valence-electron chi connectivity index (χ3n) is 3.37. The Balaban J connectivity index is 2.65. The number of aliphatic hydroxyl groups is 1. The van der Waals surface area contributed by atoms with Crippen molar-refractivity contribution in [2.45, 2.75) is 18.8 Å². The maximum Gasteiger partial charge on any atom is 0.239 e. The summed E-state index contributed by atoms with van der Waals surface area (Å²) in [5, 5.41) is 9.50. The average molecular weight is 205 g/mol. The van der Waals surface area contributed by atoms with Crippen LogP contribution in [0.5, 0.6) is 0 Å². The zero-order chi connectivity index (χ0) is 11.1. The molecule has 0 saturated carbocycles. The van der Waals surface area contributed by atoms with E-state index in [1.54, 1.807) is 11.9 Å². The van der Waals surface area contributed by atoms with Crippen molar-refractivity contribution >= 4 is 11.6 Å². The van der Waals surface area contributed by atoms with E-state index in [0.29, 0.717) is 6.42 Å². The number of hydrogen-bond donors (Lipinski definition) is 1. The molecule has 1 atom stereocenters. The lowest BCUT2D eigenvalue weighted by molar-refractivity contribution is -0.124. The Kier molecular flexibility index (Phi) is 2.27. The number of carbonyl (C=O) groups excluding carboxylic acids is 1. The van der Waals surface area contributed by atoms with Gasteiger partial charge < -0.3 is 10.0 Å². The van der Waals surface area contributed by atoms with Gasteiger partial charge in [-0.1, -0.05) is 25.1 Å². The summed E-state index contributed by atoms with van der Waals surface area (Å²) in [5.74, 6) is -0.00583. The first-order valence-corrected chi connectivity index (χ1v) is 5.16. The Morgan fingerprint density at radius 2 is 2.07 bits per heavy atom. The number of hydrogen-bond acceptors (Lipinski definition) is 2. The summed E-state index contributed by atoms with van der Waals surface area (Å²) in [4.78, 5) is 13.7. The van der Waals surface area contributed by atoms with Crippen molar-refractivity contribution in [1.82, 2.24) is 0 Å². The third-order valence-corrected chi connectivity index (χ3v) is 3.37. The van der Waals surface area contributed by atoms with Gasteiger partial charge in [0.25, 0.3) is 0 Å². The highest BCUT2D eigenvalue weighted by Crippen LogP contribution is 2.42. The third kappa shape index (κ3) is 1.13. The fourth-order valence-electron chi connectivity index (χ4n) is 2.32. The van der Waals surface area contributed by atoms with Gasteiger partial charge in [-0.2, -0.15) is 0 Å². The van der Waals surface area contributed by atoms with Crippen LogP contribution in [0, 0.1) is 0 Å². The van der Waals surface area contributed by atoms with Gasteiger partial charge in [-0.3, -0.25) is 4.79 Å². The quantitative estimate of drug-likeness (QED) is 0.790. The van der Waals surface area contributed by atoms with Crippen molar-refractivity contribution in [2.24, 2.45) is 0 Å². The summed E-state index contributed by atoms with van der Waals surface area (Å²) in [5.41, 5.74) is 1.15. The molecule has 1 aromatic carbocycles. The van der Waals surface area contributed by atoms with Gasteiger partial charge in [-0.25, -0.2) is 0 Å². The second-order valence-electron chi connectivity index (χ2n) is 3.98. The van der Waals surface area contributed by atoms with Crippen molar-refractivity contribution in [1.29, 1.82) is 0 Å². The van der Waals surface area contributed by atoms with Gasteiger partial charge in [0.05, 0.1) is 12.0 Å². The van der Waals surface area contributed by atoms with Crippen LogP contribution in [0.25, 0.3) is 0 Å². The molecule has 0 bridgehead atoms. The number of rotatable bonds is 2. The molecule has 1 aromatic rings. The zero-order valence-corrected chi connectivity index (χ0v) is 9.03. The maximum atomic E-state index is 12.1. The van der Waals surface area contributed by atoms with Crippen LogP contribution in [0.1, 0.15) is 18.9 Å². The molecule has 0 aromatic heterocycles. The highest BCUT2D eigenvalue weighted by molar-refractivity contribution is 6.07. The predicted octanol–water partition coefficient (Wildman–Crippen LogP) is 1.30. The van der Waals surface area contributed by atoms with E-state index in [9.17, 15) is 9.90 Å². The smallest absolute Gasteiger partial charge is 0.239 e. The van der Waals surface area contributed by atoms with Crippen LogP contribution in [0.2, 0.25) is 0 Å². The van der Waals surface area contributed by atoms with Crippen LogP contribution in [0.3, 0.4) is 0 Å². The van der Waals surface area contributed by atoms with Crippen molar-refractivity contribution in [3.05, 3.63) is 29.8 Å². The van der Waals surface area contributed by atoms with E-state index >= 15 is 0 Å². The van der Waals surface area contributed by atoms with E-state index in [-0.39, 0.29) is 12.5 Å². The van der Waals surface area contributed by atoms with E-state index < -0.39 is 5.41 Å². The van der Waals surface area contributed by atoms with E-state index in [1.807, 2.05) is 31.2 Å². The molecule has 0 unspecified atom stereocenters. The minimum absolute atomic E-state index is 0.00583. The van der Waals surface area contributed by atoms with Gasteiger partial charge in [0, 0.05) is 12.7 Å². The molecular weight excluding hydrogens is 190 g/mol. The highest BCUT2D eigenvalue weighted by atomic mass is 16.3. The van der Waals surface area contributed by atoms with E-state index in [1.165, 1.54) is 0 Å². The van der Waals surface area contributed by atoms with Crippen molar-refractivity contribution in [2.75, 3.05) is 18.6 Å². The Bertz CT molecular complexity index is 396. The van der Waals surface area contributed by atoms with Gasteiger partial charge in [0.15, 0.2) is 0 Å². The molecule has 0 aliphatic carbocycles. The molecule has 3 nitrogen and oxygen atoms in total. The molecule has 1 amide bonds. The Morgan fingerprint density at radius 1 is 1.40 bits per heavy atom. The lowest BCUT2D eigenvalue weighted by Gasteiger charge is -2.23. The van der Waals surface area contributed by atoms with Gasteiger partial charge in [0.1, 0.15) is 0 Å². The summed E-state index contributed by atoms with van der Waals surface area (Å²) in [7, 11) is 1.76. The van der Waals surface area contributed by atoms with Gasteiger partial charge in [0.2, 0.25) is 5.91 Å². The largest absolute Gasteiger partial charge is 0.395 e. The van der Waals surface area contributed by atoms with E-state index in [4.69, 9.17) is 0 Å². The number of anilines is 1. The Labute approximate surface area is 89.3 Å². The minimum Gasteiger partial charge on any atom is -0.395 e. The first-order chi connectivity index (χ1) is 7.17. The van der Waals surface area contributed by atoms with Gasteiger partial charge in [-0.15, -0.1) is 0 Å². The molecular formula is C12H15NO2. The number of nitrogens with zero attached hydrogens (tertiary/aromatic N) is 1. The van der Waals surface area contributed by atoms with Crippen LogP contribution in [-0.2, 0) is 10.2 Å². The lowest BCUT2D eigenvalue weighted by Crippen LogP contribution is -2.41. The first kappa shape index (κ1) is 10.2. The van der Waals surface area contributed by atoms with Gasteiger partial charge in [-0.05, 0) is 18.1 Å². The predicted molar refractivity (Wildman–Crippen MR) is 58.9 cm³/mol. The van der Waals surface area contributed by atoms with Crippen LogP contribution in [0.15, 0.2) is 24.3 Å². The number of benzene rings is 1. The monoisotopic (exact) mass is 205 g/mol. The number of aliphatic hydroxyl groups excluding tert-OH is 1. The molecule has 1 aliphatic heterocycles. The molecule has 1 heterocycles. The minimum atomic E-state index is -0.717. The number of likely N-dealkylation sites (N-methyl/N-ethyl adjacent to an activating group) is 1. The SMILES string of the molecule is CC[C@@]1(CO)C(=O)N(C)c2ccccc21. The lowest BCUT2D eigenvalue weighted by atomic mass is 9.80. The standard InChI is InChI=1S/C12H15NO2/c1-3-12(8-14)9-6-4-5-7-10(9)13(2)11(12)15/h4-7,14H,3,8H2,1-2H3/t12-/m0/s1. The molecule has 15 heavy (non-hydrogen) atoms. The summed E-state index contributed by atoms with van der Waals surface area (Å²) >= 11 is 0. The molecule has 0 saturated heterocycles. The Hall–Kier alpha value is -1.35. The molecule has 1 aliphatic rings. The molecule has 1 N–H and O–H groups in total. The van der Waals surface area contributed by atoms with Crippen LogP contribution in [-0.4, -0.2) is 24.7 Å². The highest BCUT2D eigenvalue weighted by Gasteiger charge is 2.47. The maximum absolute atomic E-state index is 12.1.